The third-order valence-corrected chi connectivity index (χ3v) is 7.23. The molecule has 0 saturated heterocycles. The maximum atomic E-state index is 12.0. The summed E-state index contributed by atoms with van der Waals surface area (Å²) in [5, 5.41) is 0. The van der Waals surface area contributed by atoms with Crippen LogP contribution in [0, 0.1) is 11.8 Å². The predicted octanol–water partition coefficient (Wildman–Crippen LogP) is 7.68. The van der Waals surface area contributed by atoms with Crippen LogP contribution in [0.3, 0.4) is 0 Å². The summed E-state index contributed by atoms with van der Waals surface area (Å²) < 4.78 is 12.4. The summed E-state index contributed by atoms with van der Waals surface area (Å²) in [7, 11) is 0. The van der Waals surface area contributed by atoms with Crippen molar-refractivity contribution in [3.05, 3.63) is 28.8 Å². The maximum absolute atomic E-state index is 12.0. The minimum Gasteiger partial charge on any atom is -0.483 e. The molecule has 166 valence electrons. The van der Waals surface area contributed by atoms with Crippen LogP contribution in [0.25, 0.3) is 5.57 Å². The van der Waals surface area contributed by atoms with Gasteiger partial charge in [-0.15, -0.1) is 0 Å². The van der Waals surface area contributed by atoms with Crippen LogP contribution < -0.4 is 9.47 Å². The minimum atomic E-state index is -0.320. The molecular formula is C27H40O3. The Morgan fingerprint density at radius 1 is 1.27 bits per heavy atom. The van der Waals surface area contributed by atoms with Crippen LogP contribution in [0.5, 0.6) is 11.5 Å². The second-order valence-electron chi connectivity index (χ2n) is 10.0. The number of rotatable bonds is 7. The average Bonchev–Trinajstić information content (AvgIpc) is 2.66. The zero-order valence-electron chi connectivity index (χ0n) is 20.1. The molecule has 30 heavy (non-hydrogen) atoms. The zero-order valence-corrected chi connectivity index (χ0v) is 20.1. The predicted molar refractivity (Wildman–Crippen MR) is 124 cm³/mol. The molecule has 1 aromatic rings. The number of allylic oxidation sites excluding steroid dienone is 1. The second-order valence-corrected chi connectivity index (χ2v) is 10.0. The van der Waals surface area contributed by atoms with Gasteiger partial charge in [0.15, 0.2) is 0 Å². The molecule has 0 saturated carbocycles. The Balaban J connectivity index is 2.07. The van der Waals surface area contributed by atoms with Crippen LogP contribution >= 0.6 is 0 Å². The molecule has 3 rings (SSSR count). The van der Waals surface area contributed by atoms with Crippen LogP contribution in [0.1, 0.15) is 110 Å². The molecule has 0 spiro atoms. The number of ether oxygens (including phenoxy) is 2. The highest BCUT2D eigenvalue weighted by Gasteiger charge is 2.40. The second kappa shape index (κ2) is 9.16. The Hall–Kier alpha value is -1.77. The van der Waals surface area contributed by atoms with E-state index in [-0.39, 0.29) is 11.6 Å². The molecule has 1 aromatic carbocycles. The van der Waals surface area contributed by atoms with Crippen molar-refractivity contribution in [2.24, 2.45) is 11.8 Å². The quantitative estimate of drug-likeness (QED) is 0.262. The van der Waals surface area contributed by atoms with Crippen molar-refractivity contribution in [1.29, 1.82) is 0 Å². The maximum Gasteiger partial charge on any atom is 0.308 e. The Labute approximate surface area is 183 Å². The highest BCUT2D eigenvalue weighted by Crippen LogP contribution is 2.53. The van der Waals surface area contributed by atoms with E-state index in [9.17, 15) is 4.79 Å². The van der Waals surface area contributed by atoms with Gasteiger partial charge in [0.25, 0.3) is 0 Å². The van der Waals surface area contributed by atoms with Crippen LogP contribution in [0.2, 0.25) is 0 Å². The van der Waals surface area contributed by atoms with Crippen LogP contribution in [-0.4, -0.2) is 11.6 Å². The van der Waals surface area contributed by atoms with Crippen molar-refractivity contribution in [2.45, 2.75) is 105 Å². The summed E-state index contributed by atoms with van der Waals surface area (Å²) in [4.78, 5) is 12.0. The highest BCUT2D eigenvalue weighted by molar-refractivity contribution is 5.84. The molecule has 3 nitrogen and oxygen atoms in total. The summed E-state index contributed by atoms with van der Waals surface area (Å²) in [6.45, 7) is 15.0. The number of esters is 1. The number of carbonyl (C=O) groups is 1. The molecule has 2 aliphatic rings. The van der Waals surface area contributed by atoms with Crippen molar-refractivity contribution in [1.82, 2.24) is 0 Å². The molecule has 3 unspecified atom stereocenters. The fourth-order valence-electron chi connectivity index (χ4n) is 5.27. The first-order valence-corrected chi connectivity index (χ1v) is 11.9. The molecule has 0 fully saturated rings. The zero-order chi connectivity index (χ0) is 22.1. The van der Waals surface area contributed by atoms with Gasteiger partial charge < -0.3 is 9.47 Å². The summed E-state index contributed by atoms with van der Waals surface area (Å²) in [6, 6.07) is 4.32. The number of unbranched alkanes of at least 4 members (excludes halogenated alkanes) is 2. The minimum absolute atomic E-state index is 0.270. The number of benzene rings is 1. The van der Waals surface area contributed by atoms with E-state index in [4.69, 9.17) is 9.47 Å². The fourth-order valence-corrected chi connectivity index (χ4v) is 5.27. The molecule has 0 amide bonds. The molecule has 3 atom stereocenters. The summed E-state index contributed by atoms with van der Waals surface area (Å²) >= 11 is 0. The van der Waals surface area contributed by atoms with Gasteiger partial charge in [-0.2, -0.15) is 0 Å². The van der Waals surface area contributed by atoms with E-state index in [2.05, 4.69) is 53.7 Å². The molecule has 3 heteroatoms. The first kappa shape index (κ1) is 22.9. The first-order valence-electron chi connectivity index (χ1n) is 11.9. The molecule has 0 N–H and O–H groups in total. The van der Waals surface area contributed by atoms with Gasteiger partial charge in [-0.3, -0.25) is 4.79 Å². The van der Waals surface area contributed by atoms with E-state index < -0.39 is 0 Å². The first-order chi connectivity index (χ1) is 14.2. The van der Waals surface area contributed by atoms with Gasteiger partial charge in [0.05, 0.1) is 5.56 Å². The van der Waals surface area contributed by atoms with Crippen molar-refractivity contribution in [3.63, 3.8) is 0 Å². The van der Waals surface area contributed by atoms with Crippen molar-refractivity contribution in [2.75, 3.05) is 0 Å². The highest BCUT2D eigenvalue weighted by atomic mass is 16.5. The van der Waals surface area contributed by atoms with Crippen molar-refractivity contribution < 1.29 is 14.3 Å². The van der Waals surface area contributed by atoms with Gasteiger partial charge in [-0.1, -0.05) is 53.4 Å². The van der Waals surface area contributed by atoms with E-state index >= 15 is 0 Å². The summed E-state index contributed by atoms with van der Waals surface area (Å²) in [5.41, 5.74) is 4.62. The molecule has 0 bridgehead atoms. The third kappa shape index (κ3) is 4.60. The number of carbonyl (C=O) groups excluding carboxylic acids is 1. The van der Waals surface area contributed by atoms with E-state index in [1.807, 2.05) is 0 Å². The molecular weight excluding hydrogens is 372 g/mol. The Bertz CT molecular complexity index is 818. The third-order valence-electron chi connectivity index (χ3n) is 7.23. The molecule has 1 aliphatic heterocycles. The Kier molecular flexibility index (Phi) is 6.99. The van der Waals surface area contributed by atoms with E-state index in [0.29, 0.717) is 23.5 Å². The van der Waals surface area contributed by atoms with Crippen LogP contribution in [-0.2, 0) is 4.79 Å². The van der Waals surface area contributed by atoms with E-state index in [1.165, 1.54) is 62.2 Å². The van der Waals surface area contributed by atoms with Crippen molar-refractivity contribution in [3.8, 4) is 11.5 Å². The average molecular weight is 413 g/mol. The smallest absolute Gasteiger partial charge is 0.308 e. The lowest BCUT2D eigenvalue weighted by atomic mass is 9.72. The van der Waals surface area contributed by atoms with E-state index in [1.54, 1.807) is 0 Å². The number of hydrogen-bond donors (Lipinski definition) is 0. The van der Waals surface area contributed by atoms with Gasteiger partial charge in [-0.05, 0) is 79.7 Å². The fraction of sp³-hybridized carbons (Fsp3) is 0.667. The lowest BCUT2D eigenvalue weighted by molar-refractivity contribution is -0.131. The lowest BCUT2D eigenvalue weighted by Crippen LogP contribution is -2.37. The Morgan fingerprint density at radius 3 is 2.67 bits per heavy atom. The standard InChI is InChI=1S/C27H40O3/c1-8-9-10-12-17(2)19(4)21-15-23(29-20(5)28)26-24(16-21)30-27(6,7)22-14-11-13-18(3)25(22)26/h15-19H,8-14H2,1-7H3. The summed E-state index contributed by atoms with van der Waals surface area (Å²) in [5.74, 6) is 2.69. The Morgan fingerprint density at radius 2 is 2.00 bits per heavy atom. The molecule has 0 radical (unpaired) electrons. The topological polar surface area (TPSA) is 35.5 Å². The molecule has 1 heterocycles. The van der Waals surface area contributed by atoms with Crippen LogP contribution in [0.4, 0.5) is 0 Å². The van der Waals surface area contributed by atoms with Gasteiger partial charge >= 0.3 is 5.97 Å². The van der Waals surface area contributed by atoms with Crippen LogP contribution in [0.15, 0.2) is 17.7 Å². The number of hydrogen-bond acceptors (Lipinski definition) is 3. The van der Waals surface area contributed by atoms with E-state index in [0.717, 1.165) is 17.7 Å². The van der Waals surface area contributed by atoms with Gasteiger partial charge in [0, 0.05) is 6.92 Å². The van der Waals surface area contributed by atoms with Crippen molar-refractivity contribution >= 4 is 11.5 Å². The van der Waals surface area contributed by atoms with Gasteiger partial charge in [0.1, 0.15) is 17.1 Å². The SMILES string of the molecule is CCCCCC(C)C(C)c1cc(OC(C)=O)c2c(c1)OC(C)(C)C1=C2C(C)CCC1. The molecule has 0 aromatic heterocycles. The largest absolute Gasteiger partial charge is 0.483 e. The number of fused-ring (bicyclic) bond motifs is 2. The normalized spacial score (nSPS) is 21.9. The lowest BCUT2D eigenvalue weighted by Gasteiger charge is -2.42. The molecule has 1 aliphatic carbocycles. The monoisotopic (exact) mass is 412 g/mol. The van der Waals surface area contributed by atoms with Gasteiger partial charge in [0.2, 0.25) is 0 Å². The van der Waals surface area contributed by atoms with Gasteiger partial charge in [-0.25, -0.2) is 0 Å². The summed E-state index contributed by atoms with van der Waals surface area (Å²) in [6.07, 6.45) is 8.42.